The normalized spacial score (nSPS) is 11.8. The second-order valence-electron chi connectivity index (χ2n) is 5.81. The molecular weight excluding hydrogens is 360 g/mol. The molecule has 0 aliphatic rings. The second kappa shape index (κ2) is 6.55. The molecule has 2 aromatic rings. The van der Waals surface area contributed by atoms with Crippen LogP contribution in [0.2, 0.25) is 0 Å². The maximum Gasteiger partial charge on any atom is 0.504 e. The van der Waals surface area contributed by atoms with Crippen LogP contribution >= 0.6 is 0 Å². The van der Waals surface area contributed by atoms with Crippen LogP contribution in [0.4, 0.5) is 0 Å². The summed E-state index contributed by atoms with van der Waals surface area (Å²) >= 11 is 0. The largest absolute Gasteiger partial charge is 0.504 e. The zero-order valence-corrected chi connectivity index (χ0v) is 15.9. The van der Waals surface area contributed by atoms with Gasteiger partial charge in [0.2, 0.25) is 0 Å². The Labute approximate surface area is 147 Å². The number of aryl methyl sites for hydroxylation is 4. The van der Waals surface area contributed by atoms with Crippen molar-refractivity contribution in [1.82, 2.24) is 0 Å². The fourth-order valence-corrected chi connectivity index (χ4v) is 7.06. The summed E-state index contributed by atoms with van der Waals surface area (Å²) < 4.78 is 50.6. The van der Waals surface area contributed by atoms with E-state index in [-0.39, 0.29) is 9.79 Å². The van der Waals surface area contributed by atoms with E-state index in [1.54, 1.807) is 64.1 Å². The summed E-state index contributed by atoms with van der Waals surface area (Å²) in [7, 11) is -9.08. The lowest BCUT2D eigenvalue weighted by molar-refractivity contribution is 0.00379. The highest BCUT2D eigenvalue weighted by atomic mass is 32.3. The van der Waals surface area contributed by atoms with E-state index in [1.807, 2.05) is 0 Å². The number of benzene rings is 2. The number of hydrogen-bond donors (Lipinski definition) is 0. The van der Waals surface area contributed by atoms with E-state index in [0.717, 1.165) is 0 Å². The van der Waals surface area contributed by atoms with E-state index in [2.05, 4.69) is 4.79 Å². The molecule has 8 heteroatoms. The van der Waals surface area contributed by atoms with Gasteiger partial charge in [-0.15, -0.1) is 4.79 Å². The average molecular weight is 378 g/mol. The minimum Gasteiger partial charge on any atom is -0.359 e. The zero-order chi connectivity index (χ0) is 19.0. The number of sulfone groups is 2. The van der Waals surface area contributed by atoms with Crippen LogP contribution in [-0.4, -0.2) is 26.0 Å². The van der Waals surface area contributed by atoms with E-state index < -0.39 is 24.1 Å². The van der Waals surface area contributed by atoms with Gasteiger partial charge in [0.1, 0.15) is 0 Å². The van der Waals surface area contributed by atoms with Gasteiger partial charge >= 0.3 is 4.38 Å². The van der Waals surface area contributed by atoms with Crippen LogP contribution in [0.5, 0.6) is 0 Å². The van der Waals surface area contributed by atoms with Gasteiger partial charge in [-0.1, -0.05) is 36.4 Å². The van der Waals surface area contributed by atoms with E-state index in [4.69, 9.17) is 0 Å². The molecular formula is C17H18N2O4S2. The molecule has 132 valence electrons. The Morgan fingerprint density at radius 1 is 0.720 bits per heavy atom. The Hall–Kier alpha value is -2.28. The lowest BCUT2D eigenvalue weighted by Gasteiger charge is -2.10. The summed E-state index contributed by atoms with van der Waals surface area (Å²) in [5.41, 5.74) is 10.8. The van der Waals surface area contributed by atoms with Gasteiger partial charge in [0, 0.05) is 0 Å². The quantitative estimate of drug-likeness (QED) is 0.347. The van der Waals surface area contributed by atoms with Crippen molar-refractivity contribution >= 4 is 24.1 Å². The summed E-state index contributed by atoms with van der Waals surface area (Å²) in [6, 6.07) is 9.56. The van der Waals surface area contributed by atoms with Crippen molar-refractivity contribution in [2.24, 2.45) is 0 Å². The molecule has 0 aromatic heterocycles. The third-order valence-electron chi connectivity index (χ3n) is 3.90. The van der Waals surface area contributed by atoms with E-state index in [1.165, 1.54) is 0 Å². The molecule has 0 saturated carbocycles. The Balaban J connectivity index is 2.83. The number of nitrogens with zero attached hydrogens (tertiary/aromatic N) is 2. The predicted octanol–water partition coefficient (Wildman–Crippen LogP) is 2.75. The SMILES string of the molecule is Cc1cccc(C)c1S(=O)(=O)C(=[N+]=[N-])S(=O)(=O)c1c(C)cccc1C. The summed E-state index contributed by atoms with van der Waals surface area (Å²) in [4.78, 5) is 2.35. The molecule has 0 aliphatic carbocycles. The minimum atomic E-state index is -4.54. The first-order valence-electron chi connectivity index (χ1n) is 7.39. The topological polar surface area (TPSA) is 105 Å². The van der Waals surface area contributed by atoms with Gasteiger partial charge in [0.25, 0.3) is 19.7 Å². The molecule has 0 atom stereocenters. The van der Waals surface area contributed by atoms with Gasteiger partial charge in [-0.3, -0.25) is 0 Å². The van der Waals surface area contributed by atoms with Crippen LogP contribution in [0.3, 0.4) is 0 Å². The Bertz CT molecular complexity index is 987. The van der Waals surface area contributed by atoms with Gasteiger partial charge in [-0.25, -0.2) is 16.8 Å². The van der Waals surface area contributed by atoms with Crippen LogP contribution in [0, 0.1) is 27.7 Å². The smallest absolute Gasteiger partial charge is 0.359 e. The van der Waals surface area contributed by atoms with Crippen molar-refractivity contribution in [2.75, 3.05) is 0 Å². The fraction of sp³-hybridized carbons (Fsp3) is 0.235. The molecule has 25 heavy (non-hydrogen) atoms. The lowest BCUT2D eigenvalue weighted by Crippen LogP contribution is -2.28. The van der Waals surface area contributed by atoms with Crippen molar-refractivity contribution in [3.63, 3.8) is 0 Å². The van der Waals surface area contributed by atoms with Crippen molar-refractivity contribution < 1.29 is 21.6 Å². The number of hydrogen-bond acceptors (Lipinski definition) is 4. The van der Waals surface area contributed by atoms with Crippen molar-refractivity contribution in [3.05, 3.63) is 64.2 Å². The maximum absolute atomic E-state index is 13.0. The molecule has 2 aromatic carbocycles. The fourth-order valence-electron chi connectivity index (χ4n) is 2.87. The molecule has 0 radical (unpaired) electrons. The molecule has 0 spiro atoms. The second-order valence-corrected chi connectivity index (χ2v) is 9.68. The molecule has 0 unspecified atom stereocenters. The van der Waals surface area contributed by atoms with Crippen LogP contribution in [0.15, 0.2) is 46.2 Å². The van der Waals surface area contributed by atoms with Gasteiger partial charge < -0.3 is 5.53 Å². The summed E-state index contributed by atoms with van der Waals surface area (Å²) in [5.74, 6) is 0. The third-order valence-corrected chi connectivity index (χ3v) is 8.66. The van der Waals surface area contributed by atoms with Crippen LogP contribution < -0.4 is 0 Å². The highest BCUT2D eigenvalue weighted by Gasteiger charge is 2.46. The van der Waals surface area contributed by atoms with Crippen LogP contribution in [-0.2, 0) is 19.7 Å². The van der Waals surface area contributed by atoms with Gasteiger partial charge in [-0.05, 0) is 49.9 Å². The lowest BCUT2D eigenvalue weighted by atomic mass is 10.2. The minimum absolute atomic E-state index is 0.169. The van der Waals surface area contributed by atoms with Gasteiger partial charge in [0.15, 0.2) is 0 Å². The Morgan fingerprint density at radius 2 is 1.00 bits per heavy atom. The molecule has 0 fully saturated rings. The first kappa shape index (κ1) is 19.1. The van der Waals surface area contributed by atoms with E-state index in [0.29, 0.717) is 22.3 Å². The van der Waals surface area contributed by atoms with Crippen LogP contribution in [0.1, 0.15) is 22.3 Å². The molecule has 0 bridgehead atoms. The molecule has 2 rings (SSSR count). The summed E-state index contributed by atoms with van der Waals surface area (Å²) in [6.45, 7) is 6.22. The van der Waals surface area contributed by atoms with Gasteiger partial charge in [-0.2, -0.15) is 0 Å². The molecule has 0 aliphatic heterocycles. The molecule has 0 heterocycles. The average Bonchev–Trinajstić information content (AvgIpc) is 2.46. The van der Waals surface area contributed by atoms with E-state index >= 15 is 0 Å². The zero-order valence-electron chi connectivity index (χ0n) is 14.3. The number of rotatable bonds is 2. The van der Waals surface area contributed by atoms with Crippen LogP contribution in [0.25, 0.3) is 5.53 Å². The molecule has 0 amide bonds. The maximum atomic E-state index is 13.0. The van der Waals surface area contributed by atoms with Crippen molar-refractivity contribution in [3.8, 4) is 0 Å². The van der Waals surface area contributed by atoms with Gasteiger partial charge in [0.05, 0.1) is 9.79 Å². The molecule has 6 nitrogen and oxygen atoms in total. The third kappa shape index (κ3) is 3.16. The predicted molar refractivity (Wildman–Crippen MR) is 94.8 cm³/mol. The molecule has 0 N–H and O–H groups in total. The van der Waals surface area contributed by atoms with E-state index in [9.17, 15) is 22.4 Å². The molecule has 0 saturated heterocycles. The summed E-state index contributed by atoms with van der Waals surface area (Å²) in [6.07, 6.45) is 0. The first-order chi connectivity index (χ1) is 11.5. The van der Waals surface area contributed by atoms with Crippen molar-refractivity contribution in [1.29, 1.82) is 0 Å². The highest BCUT2D eigenvalue weighted by molar-refractivity contribution is 8.31. The Morgan fingerprint density at radius 3 is 1.24 bits per heavy atom. The standard InChI is InChI=1S/C17H18N2O4S2/c1-11-7-5-8-12(2)15(11)24(20,21)17(19-18)25(22,23)16-13(3)9-6-10-14(16)4/h5-10H,1-4H3. The highest BCUT2D eigenvalue weighted by Crippen LogP contribution is 2.28. The monoisotopic (exact) mass is 378 g/mol. The van der Waals surface area contributed by atoms with Crippen molar-refractivity contribution in [2.45, 2.75) is 37.5 Å². The Kier molecular flexibility index (Phi) is 4.99. The first-order valence-corrected chi connectivity index (χ1v) is 10.4. The summed E-state index contributed by atoms with van der Waals surface area (Å²) in [5, 5.41) is 0.